The van der Waals surface area contributed by atoms with Gasteiger partial charge in [-0.25, -0.2) is 4.98 Å². The fraction of sp³-hybridized carbons (Fsp3) is 0.281. The molecule has 5 nitrogen and oxygen atoms in total. The molecule has 188 valence electrons. The summed E-state index contributed by atoms with van der Waals surface area (Å²) in [5, 5.41) is 5.69. The predicted molar refractivity (Wildman–Crippen MR) is 152 cm³/mol. The summed E-state index contributed by atoms with van der Waals surface area (Å²) in [5.74, 6) is 1.84. The van der Waals surface area contributed by atoms with Crippen LogP contribution in [0, 0.1) is 4.91 Å². The van der Waals surface area contributed by atoms with Crippen molar-refractivity contribution in [1.82, 2.24) is 9.55 Å². The number of hydrogen-bond acceptors (Lipinski definition) is 4. The maximum absolute atomic E-state index is 10.9. The highest BCUT2D eigenvalue weighted by Crippen LogP contribution is 2.37. The molecule has 0 atom stereocenters. The molecule has 1 saturated carbocycles. The lowest BCUT2D eigenvalue weighted by Crippen LogP contribution is -2.13. The molecule has 0 amide bonds. The molecule has 0 unspecified atom stereocenters. The predicted octanol–water partition coefficient (Wildman–Crippen LogP) is 9.23. The molecule has 1 aliphatic rings. The highest BCUT2D eigenvalue weighted by molar-refractivity contribution is 5.84. The first-order chi connectivity index (χ1) is 18.3. The fourth-order valence-corrected chi connectivity index (χ4v) is 5.11. The molecular formula is C32H33N3O2. The Hall–Kier alpha value is -3.99. The molecule has 37 heavy (non-hydrogen) atoms. The van der Waals surface area contributed by atoms with Crippen LogP contribution in [0.2, 0.25) is 0 Å². The van der Waals surface area contributed by atoms with Crippen molar-refractivity contribution >= 4 is 27.5 Å². The van der Waals surface area contributed by atoms with Gasteiger partial charge >= 0.3 is 0 Å². The summed E-state index contributed by atoms with van der Waals surface area (Å²) in [6.07, 6.45) is 7.14. The lowest BCUT2D eigenvalue weighted by atomic mass is 9.95. The number of aromatic nitrogens is 2. The molecule has 1 aliphatic carbocycles. The largest absolute Gasteiger partial charge is 0.494 e. The molecule has 1 heterocycles. The Morgan fingerprint density at radius 2 is 1.51 bits per heavy atom. The second-order valence-corrected chi connectivity index (χ2v) is 9.58. The van der Waals surface area contributed by atoms with Crippen LogP contribution in [0.5, 0.6) is 5.75 Å². The molecule has 6 rings (SSSR count). The third-order valence-corrected chi connectivity index (χ3v) is 6.96. The van der Waals surface area contributed by atoms with Crippen molar-refractivity contribution in [2.45, 2.75) is 51.5 Å². The Morgan fingerprint density at radius 3 is 2.11 bits per heavy atom. The van der Waals surface area contributed by atoms with E-state index < -0.39 is 0 Å². The summed E-state index contributed by atoms with van der Waals surface area (Å²) in [6.45, 7) is 2.82. The van der Waals surface area contributed by atoms with Gasteiger partial charge in [-0.05, 0) is 77.7 Å². The Morgan fingerprint density at radius 1 is 0.865 bits per heavy atom. The zero-order valence-corrected chi connectivity index (χ0v) is 21.3. The molecule has 0 aliphatic heterocycles. The number of nitroso groups, excluding NO2 is 1. The van der Waals surface area contributed by atoms with E-state index in [9.17, 15) is 4.91 Å². The van der Waals surface area contributed by atoms with Gasteiger partial charge in [0.2, 0.25) is 0 Å². The molecule has 0 spiro atoms. The maximum Gasteiger partial charge on any atom is 0.141 e. The van der Waals surface area contributed by atoms with E-state index in [1.807, 2.05) is 18.2 Å². The molecule has 0 N–H and O–H groups in total. The van der Waals surface area contributed by atoms with Gasteiger partial charge in [-0.3, -0.25) is 0 Å². The van der Waals surface area contributed by atoms with Crippen molar-refractivity contribution in [3.05, 3.63) is 95.9 Å². The molecule has 0 radical (unpaired) electrons. The number of rotatable bonds is 6. The van der Waals surface area contributed by atoms with E-state index in [0.29, 0.717) is 11.7 Å². The van der Waals surface area contributed by atoms with E-state index in [-0.39, 0.29) is 0 Å². The van der Waals surface area contributed by atoms with Gasteiger partial charge in [0.1, 0.15) is 17.3 Å². The van der Waals surface area contributed by atoms with Gasteiger partial charge in [0.05, 0.1) is 17.6 Å². The van der Waals surface area contributed by atoms with Gasteiger partial charge in [0.25, 0.3) is 0 Å². The molecule has 1 aromatic heterocycles. The van der Waals surface area contributed by atoms with E-state index in [1.54, 1.807) is 12.1 Å². The van der Waals surface area contributed by atoms with Crippen LogP contribution in [-0.4, -0.2) is 16.2 Å². The van der Waals surface area contributed by atoms with Gasteiger partial charge in [0.15, 0.2) is 0 Å². The van der Waals surface area contributed by atoms with Gasteiger partial charge in [-0.15, -0.1) is 4.91 Å². The van der Waals surface area contributed by atoms with Crippen molar-refractivity contribution in [1.29, 1.82) is 0 Å². The van der Waals surface area contributed by atoms with Crippen LogP contribution in [0.15, 0.2) is 96.2 Å². The first-order valence-electron chi connectivity index (χ1n) is 13.3. The Bertz CT molecular complexity index is 1400. The monoisotopic (exact) mass is 491 g/mol. The number of nitrogens with zero attached hydrogens (tertiary/aromatic N) is 3. The molecule has 5 heteroatoms. The third kappa shape index (κ3) is 5.72. The van der Waals surface area contributed by atoms with Crippen LogP contribution in [0.25, 0.3) is 33.2 Å². The Balaban J connectivity index is 0.000000233. The average Bonchev–Trinajstić information content (AvgIpc) is 3.36. The van der Waals surface area contributed by atoms with Crippen molar-refractivity contribution in [2.75, 3.05) is 6.61 Å². The zero-order chi connectivity index (χ0) is 25.5. The van der Waals surface area contributed by atoms with Crippen LogP contribution >= 0.6 is 0 Å². The smallest absolute Gasteiger partial charge is 0.141 e. The van der Waals surface area contributed by atoms with Crippen molar-refractivity contribution in [3.8, 4) is 17.1 Å². The molecule has 4 aromatic carbocycles. The summed E-state index contributed by atoms with van der Waals surface area (Å²) in [5.41, 5.74) is 3.40. The lowest BCUT2D eigenvalue weighted by molar-refractivity contribution is 0.317. The number of fused-ring (bicyclic) bond motifs is 2. The molecule has 5 aromatic rings. The maximum atomic E-state index is 10.9. The quantitative estimate of drug-likeness (QED) is 0.222. The van der Waals surface area contributed by atoms with Gasteiger partial charge in [0, 0.05) is 11.6 Å². The van der Waals surface area contributed by atoms with E-state index in [0.717, 1.165) is 41.2 Å². The van der Waals surface area contributed by atoms with Gasteiger partial charge in [-0.1, -0.05) is 74.7 Å². The summed E-state index contributed by atoms with van der Waals surface area (Å²) in [6, 6.07) is 30.9. The van der Waals surface area contributed by atoms with E-state index >= 15 is 0 Å². The van der Waals surface area contributed by atoms with Gasteiger partial charge < -0.3 is 9.30 Å². The first-order valence-corrected chi connectivity index (χ1v) is 13.3. The normalized spacial score (nSPS) is 13.8. The second-order valence-electron chi connectivity index (χ2n) is 9.58. The number of ether oxygens (including phenoxy) is 1. The summed E-state index contributed by atoms with van der Waals surface area (Å²) >= 11 is 0. The Labute approximate surface area is 218 Å². The van der Waals surface area contributed by atoms with E-state index in [1.165, 1.54) is 42.9 Å². The van der Waals surface area contributed by atoms with E-state index in [4.69, 9.17) is 9.72 Å². The number of imidazole rings is 1. The Kier molecular flexibility index (Phi) is 7.90. The SMILES string of the molecule is CCCOc1ccc(-c2nc3cc(N=O)ccc3n2C2CCCCC2)cc1.c1ccc2ccccc2c1. The minimum atomic E-state index is 0.422. The van der Waals surface area contributed by atoms with Crippen LogP contribution in [0.3, 0.4) is 0 Å². The first kappa shape index (κ1) is 24.7. The lowest BCUT2D eigenvalue weighted by Gasteiger charge is -2.25. The minimum absolute atomic E-state index is 0.422. The van der Waals surface area contributed by atoms with Crippen molar-refractivity contribution in [3.63, 3.8) is 0 Å². The molecule has 0 saturated heterocycles. The second kappa shape index (κ2) is 11.8. The summed E-state index contributed by atoms with van der Waals surface area (Å²) < 4.78 is 8.07. The topological polar surface area (TPSA) is 56.5 Å². The summed E-state index contributed by atoms with van der Waals surface area (Å²) in [4.78, 5) is 15.8. The number of benzene rings is 4. The van der Waals surface area contributed by atoms with E-state index in [2.05, 4.69) is 77.3 Å². The third-order valence-electron chi connectivity index (χ3n) is 6.96. The summed E-state index contributed by atoms with van der Waals surface area (Å²) in [7, 11) is 0. The molecular weight excluding hydrogens is 458 g/mol. The fourth-order valence-electron chi connectivity index (χ4n) is 5.11. The van der Waals surface area contributed by atoms with Crippen LogP contribution in [0.4, 0.5) is 5.69 Å². The van der Waals surface area contributed by atoms with Crippen molar-refractivity contribution in [2.24, 2.45) is 5.18 Å². The molecule has 0 bridgehead atoms. The van der Waals surface area contributed by atoms with Crippen LogP contribution in [0.1, 0.15) is 51.5 Å². The number of hydrogen-bond donors (Lipinski definition) is 0. The van der Waals surface area contributed by atoms with Crippen molar-refractivity contribution < 1.29 is 4.74 Å². The highest BCUT2D eigenvalue weighted by Gasteiger charge is 2.22. The zero-order valence-electron chi connectivity index (χ0n) is 21.3. The molecule has 1 fully saturated rings. The average molecular weight is 492 g/mol. The standard InChI is InChI=1S/C22H25N3O2.C10H8/c1-2-14-27-19-11-8-16(9-12-19)22-23-20-15-17(24-26)10-13-21(20)25(22)18-6-4-3-5-7-18;1-2-6-10-8-4-3-7-9(10)5-1/h8-13,15,18H,2-7,14H2,1H3;1-8H. The van der Waals surface area contributed by atoms with Crippen LogP contribution < -0.4 is 4.74 Å². The van der Waals surface area contributed by atoms with Gasteiger partial charge in [-0.2, -0.15) is 0 Å². The minimum Gasteiger partial charge on any atom is -0.494 e. The van der Waals surface area contributed by atoms with Crippen LogP contribution in [-0.2, 0) is 0 Å². The highest BCUT2D eigenvalue weighted by atomic mass is 16.5.